The summed E-state index contributed by atoms with van der Waals surface area (Å²) < 4.78 is 6.26. The zero-order valence-electron chi connectivity index (χ0n) is 18.8. The summed E-state index contributed by atoms with van der Waals surface area (Å²) >= 11 is 0. The molecule has 2 aromatic rings. The molecule has 0 bridgehead atoms. The monoisotopic (exact) mass is 436 g/mol. The number of allylic oxidation sites excluding steroid dienone is 2. The molecule has 1 N–H and O–H groups in total. The lowest BCUT2D eigenvalue weighted by atomic mass is 9.76. The van der Waals surface area contributed by atoms with Crippen LogP contribution in [0.4, 0.5) is 11.4 Å². The first-order valence-electron chi connectivity index (χ1n) is 11.0. The highest BCUT2D eigenvalue weighted by molar-refractivity contribution is 5.89. The number of ether oxygens (including phenoxy) is 1. The topological polar surface area (TPSA) is 81.5 Å². The van der Waals surface area contributed by atoms with Gasteiger partial charge < -0.3 is 14.5 Å². The van der Waals surface area contributed by atoms with E-state index in [1.165, 1.54) is 0 Å². The van der Waals surface area contributed by atoms with Crippen molar-refractivity contribution in [2.24, 2.45) is 5.92 Å². The third-order valence-corrected chi connectivity index (χ3v) is 6.28. The van der Waals surface area contributed by atoms with E-state index in [2.05, 4.69) is 38.6 Å². The van der Waals surface area contributed by atoms with Crippen LogP contribution in [0.3, 0.4) is 0 Å². The maximum atomic E-state index is 12.4. The molecule has 7 heteroatoms. The average Bonchev–Trinajstić information content (AvgIpc) is 3.25. The summed E-state index contributed by atoms with van der Waals surface area (Å²) in [5.41, 5.74) is 3.33. The molecule has 1 heterocycles. The van der Waals surface area contributed by atoms with Crippen LogP contribution >= 0.6 is 0 Å². The zero-order chi connectivity index (χ0) is 22.9. The summed E-state index contributed by atoms with van der Waals surface area (Å²) in [6.07, 6.45) is 5.87. The Morgan fingerprint density at radius 3 is 2.62 bits per heavy atom. The number of anilines is 1. The van der Waals surface area contributed by atoms with Gasteiger partial charge in [-0.2, -0.15) is 0 Å². The fourth-order valence-corrected chi connectivity index (χ4v) is 4.73. The Morgan fingerprint density at radius 1 is 1.19 bits per heavy atom. The van der Waals surface area contributed by atoms with E-state index in [9.17, 15) is 14.9 Å². The van der Waals surface area contributed by atoms with Gasteiger partial charge in [-0.25, -0.2) is 4.79 Å². The first kappa shape index (κ1) is 22.0. The second-order valence-corrected chi connectivity index (χ2v) is 9.60. The van der Waals surface area contributed by atoms with Gasteiger partial charge in [0.05, 0.1) is 56.4 Å². The van der Waals surface area contributed by atoms with Crippen LogP contribution in [0, 0.1) is 16.0 Å². The van der Waals surface area contributed by atoms with Crippen molar-refractivity contribution in [3.05, 3.63) is 81.4 Å². The van der Waals surface area contributed by atoms with Gasteiger partial charge in [0, 0.05) is 24.1 Å². The third kappa shape index (κ3) is 4.53. The van der Waals surface area contributed by atoms with Crippen LogP contribution in [0.2, 0.25) is 0 Å². The molecule has 3 unspecified atom stereocenters. The Balaban J connectivity index is 1.48. The van der Waals surface area contributed by atoms with Crippen molar-refractivity contribution >= 4 is 17.3 Å². The zero-order valence-corrected chi connectivity index (χ0v) is 18.8. The predicted octanol–water partition coefficient (Wildman–Crippen LogP) is 4.67. The van der Waals surface area contributed by atoms with Gasteiger partial charge in [0.2, 0.25) is 0 Å². The number of carbonyl (C=O) groups is 1. The van der Waals surface area contributed by atoms with E-state index in [1.807, 2.05) is 18.2 Å². The summed E-state index contributed by atoms with van der Waals surface area (Å²) in [5.74, 6) is -0.114. The van der Waals surface area contributed by atoms with Crippen LogP contribution in [0.1, 0.15) is 46.3 Å². The largest absolute Gasteiger partial charge is 0.462 e. The molecule has 7 nitrogen and oxygen atoms in total. The van der Waals surface area contributed by atoms with E-state index < -0.39 is 0 Å². The molecule has 32 heavy (non-hydrogen) atoms. The van der Waals surface area contributed by atoms with E-state index in [0.717, 1.165) is 40.7 Å². The van der Waals surface area contributed by atoms with Gasteiger partial charge in [0.25, 0.3) is 5.69 Å². The van der Waals surface area contributed by atoms with Crippen LogP contribution in [0.5, 0.6) is 0 Å². The minimum Gasteiger partial charge on any atom is -0.462 e. The first-order chi connectivity index (χ1) is 15.2. The Morgan fingerprint density at radius 2 is 1.94 bits per heavy atom. The molecule has 3 atom stereocenters. The first-order valence-corrected chi connectivity index (χ1v) is 11.0. The van der Waals surface area contributed by atoms with E-state index in [1.54, 1.807) is 24.3 Å². The number of hydrogen-bond acceptors (Lipinski definition) is 5. The smallest absolute Gasteiger partial charge is 0.338 e. The van der Waals surface area contributed by atoms with E-state index in [0.29, 0.717) is 12.2 Å². The molecule has 0 aromatic heterocycles. The summed E-state index contributed by atoms with van der Waals surface area (Å²) in [6, 6.07) is 12.7. The normalized spacial score (nSPS) is 21.4. The molecule has 0 radical (unpaired) electrons. The molecule has 168 valence electrons. The van der Waals surface area contributed by atoms with Crippen molar-refractivity contribution in [1.82, 2.24) is 0 Å². The molecule has 1 aliphatic heterocycles. The predicted molar refractivity (Wildman–Crippen MR) is 124 cm³/mol. The van der Waals surface area contributed by atoms with Gasteiger partial charge in [-0.3, -0.25) is 10.1 Å². The fourth-order valence-electron chi connectivity index (χ4n) is 4.73. The van der Waals surface area contributed by atoms with Gasteiger partial charge in [0.15, 0.2) is 0 Å². The number of fused-ring (bicyclic) bond motifs is 3. The number of rotatable bonds is 7. The Bertz CT molecular complexity index is 1040. The summed E-state index contributed by atoms with van der Waals surface area (Å²) in [6.45, 7) is 1.35. The lowest BCUT2D eigenvalue weighted by Gasteiger charge is -2.37. The minimum absolute atomic E-state index is 0.00344. The number of nitro groups is 1. The standard InChI is InChI=1S/C25H30N3O4/c1-28(2,3)15-6-16-32-25(29)18-13-11-17(12-14-18)24-20-8-4-7-19(20)23-21(26-24)9-5-10-22(23)27(30)31/h4-5,7,9-14,19-20,24,26H,6,8,15-16H2,1-3H3/q+1. The van der Waals surface area contributed by atoms with Crippen LogP contribution in [0.25, 0.3) is 0 Å². The molecular formula is C25H30N3O4+. The maximum Gasteiger partial charge on any atom is 0.338 e. The molecular weight excluding hydrogens is 406 g/mol. The van der Waals surface area contributed by atoms with Gasteiger partial charge in [-0.05, 0) is 36.1 Å². The number of nitrogens with one attached hydrogen (secondary N) is 1. The highest BCUT2D eigenvalue weighted by Crippen LogP contribution is 2.52. The lowest BCUT2D eigenvalue weighted by molar-refractivity contribution is -0.870. The van der Waals surface area contributed by atoms with Crippen molar-refractivity contribution in [1.29, 1.82) is 0 Å². The van der Waals surface area contributed by atoms with E-state index in [-0.39, 0.29) is 34.5 Å². The van der Waals surface area contributed by atoms with Gasteiger partial charge in [-0.1, -0.05) is 30.4 Å². The highest BCUT2D eigenvalue weighted by atomic mass is 16.6. The SMILES string of the molecule is C[N+](C)(C)CCCOC(=O)c1ccc(C2Nc3cccc([N+](=O)[O-])c3C3C=CCC32)cc1. The number of quaternary nitrogens is 1. The summed E-state index contributed by atoms with van der Waals surface area (Å²) in [7, 11) is 6.34. The Kier molecular flexibility index (Phi) is 6.02. The quantitative estimate of drug-likeness (QED) is 0.170. The molecule has 1 aliphatic carbocycles. The number of nitro benzene ring substituents is 1. The molecule has 0 amide bonds. The van der Waals surface area contributed by atoms with Crippen molar-refractivity contribution in [3.63, 3.8) is 0 Å². The molecule has 0 fully saturated rings. The Hall–Kier alpha value is -3.19. The van der Waals surface area contributed by atoms with E-state index in [4.69, 9.17) is 4.74 Å². The second-order valence-electron chi connectivity index (χ2n) is 9.60. The molecule has 2 aliphatic rings. The number of hydrogen-bond donors (Lipinski definition) is 1. The van der Waals surface area contributed by atoms with Gasteiger partial charge in [0.1, 0.15) is 0 Å². The number of esters is 1. The molecule has 0 spiro atoms. The summed E-state index contributed by atoms with van der Waals surface area (Å²) in [4.78, 5) is 23.7. The molecule has 0 saturated heterocycles. The Labute approximate surface area is 188 Å². The van der Waals surface area contributed by atoms with Crippen molar-refractivity contribution in [2.75, 3.05) is 39.6 Å². The van der Waals surface area contributed by atoms with Crippen LogP contribution < -0.4 is 5.32 Å². The second kappa shape index (κ2) is 8.74. The summed E-state index contributed by atoms with van der Waals surface area (Å²) in [5, 5.41) is 15.1. The van der Waals surface area contributed by atoms with Crippen molar-refractivity contribution < 1.29 is 18.9 Å². The maximum absolute atomic E-state index is 12.4. The molecule has 4 rings (SSSR count). The third-order valence-electron chi connectivity index (χ3n) is 6.28. The number of nitrogens with zero attached hydrogens (tertiary/aromatic N) is 2. The van der Waals surface area contributed by atoms with Crippen LogP contribution in [-0.2, 0) is 4.74 Å². The highest BCUT2D eigenvalue weighted by Gasteiger charge is 2.41. The van der Waals surface area contributed by atoms with Gasteiger partial charge in [-0.15, -0.1) is 0 Å². The van der Waals surface area contributed by atoms with Crippen molar-refractivity contribution in [2.45, 2.75) is 24.8 Å². The molecule has 0 saturated carbocycles. The van der Waals surface area contributed by atoms with Crippen LogP contribution in [-0.4, -0.2) is 49.7 Å². The van der Waals surface area contributed by atoms with Gasteiger partial charge >= 0.3 is 5.97 Å². The minimum atomic E-state index is -0.309. The van der Waals surface area contributed by atoms with Crippen LogP contribution in [0.15, 0.2) is 54.6 Å². The van der Waals surface area contributed by atoms with Crippen molar-refractivity contribution in [3.8, 4) is 0 Å². The number of benzene rings is 2. The average molecular weight is 437 g/mol. The lowest BCUT2D eigenvalue weighted by Crippen LogP contribution is -2.35. The number of carbonyl (C=O) groups excluding carboxylic acids is 1. The molecule has 2 aromatic carbocycles. The van der Waals surface area contributed by atoms with E-state index >= 15 is 0 Å². The fraction of sp³-hybridized carbons (Fsp3) is 0.400.